The van der Waals surface area contributed by atoms with E-state index in [0.29, 0.717) is 18.4 Å². The molecular weight excluding hydrogens is 250 g/mol. The summed E-state index contributed by atoms with van der Waals surface area (Å²) in [4.78, 5) is 2.59. The normalized spacial score (nSPS) is 26.9. The van der Waals surface area contributed by atoms with Gasteiger partial charge in [0, 0.05) is 25.6 Å². The van der Waals surface area contributed by atoms with Crippen LogP contribution in [0, 0.1) is 5.92 Å². The average Bonchev–Trinajstić information content (AvgIpc) is 2.48. The quantitative estimate of drug-likeness (QED) is 0.917. The molecule has 2 aliphatic heterocycles. The number of benzene rings is 1. The third-order valence-corrected chi connectivity index (χ3v) is 4.70. The Balaban J connectivity index is 1.63. The van der Waals surface area contributed by atoms with Crippen molar-refractivity contribution in [3.63, 3.8) is 0 Å². The van der Waals surface area contributed by atoms with Gasteiger partial charge in [0.25, 0.3) is 0 Å². The highest BCUT2D eigenvalue weighted by molar-refractivity contribution is 5.37. The van der Waals surface area contributed by atoms with Crippen LogP contribution in [0.4, 0.5) is 0 Å². The first-order chi connectivity index (χ1) is 9.86. The zero-order valence-corrected chi connectivity index (χ0v) is 12.1. The summed E-state index contributed by atoms with van der Waals surface area (Å²) < 4.78 is 5.75. The van der Waals surface area contributed by atoms with E-state index in [-0.39, 0.29) is 0 Å². The number of para-hydroxylation sites is 1. The lowest BCUT2D eigenvalue weighted by Crippen LogP contribution is -2.39. The Kier molecular flexibility index (Phi) is 4.58. The van der Waals surface area contributed by atoms with Crippen LogP contribution in [0.25, 0.3) is 0 Å². The summed E-state index contributed by atoms with van der Waals surface area (Å²) in [5.74, 6) is 2.37. The van der Waals surface area contributed by atoms with Crippen molar-refractivity contribution in [3.05, 3.63) is 29.8 Å². The number of fused-ring (bicyclic) bond motifs is 1. The minimum Gasteiger partial charge on any atom is -0.493 e. The van der Waals surface area contributed by atoms with Gasteiger partial charge in [-0.1, -0.05) is 18.2 Å². The Labute approximate surface area is 121 Å². The van der Waals surface area contributed by atoms with Gasteiger partial charge >= 0.3 is 0 Å². The van der Waals surface area contributed by atoms with Crippen LogP contribution in [0.2, 0.25) is 0 Å². The summed E-state index contributed by atoms with van der Waals surface area (Å²) in [6.07, 6.45) is 4.63. The van der Waals surface area contributed by atoms with E-state index in [9.17, 15) is 0 Å². The SMILES string of the molecule is OCCC1CCCN(CC2CCOc3ccccc32)C1. The van der Waals surface area contributed by atoms with E-state index in [2.05, 4.69) is 29.2 Å². The minimum atomic E-state index is 0.332. The zero-order valence-electron chi connectivity index (χ0n) is 12.1. The number of aliphatic hydroxyl groups excluding tert-OH is 1. The molecule has 0 bridgehead atoms. The summed E-state index contributed by atoms with van der Waals surface area (Å²) in [6.45, 7) is 4.68. The van der Waals surface area contributed by atoms with Gasteiger partial charge in [-0.3, -0.25) is 0 Å². The Hall–Kier alpha value is -1.06. The number of aliphatic hydroxyl groups is 1. The molecule has 2 atom stereocenters. The van der Waals surface area contributed by atoms with Gasteiger partial charge < -0.3 is 14.7 Å². The molecule has 2 heterocycles. The summed E-state index contributed by atoms with van der Waals surface area (Å²) >= 11 is 0. The molecule has 2 unspecified atom stereocenters. The predicted octanol–water partition coefficient (Wildman–Crippen LogP) is 2.65. The number of hydrogen-bond donors (Lipinski definition) is 1. The van der Waals surface area contributed by atoms with Crippen LogP contribution in [0.3, 0.4) is 0 Å². The van der Waals surface area contributed by atoms with Crippen LogP contribution in [-0.4, -0.2) is 42.9 Å². The van der Waals surface area contributed by atoms with Gasteiger partial charge in [-0.05, 0) is 49.8 Å². The van der Waals surface area contributed by atoms with Gasteiger partial charge in [-0.25, -0.2) is 0 Å². The maximum absolute atomic E-state index is 9.12. The lowest BCUT2D eigenvalue weighted by atomic mass is 9.90. The second-order valence-electron chi connectivity index (χ2n) is 6.15. The Morgan fingerprint density at radius 1 is 1.25 bits per heavy atom. The predicted molar refractivity (Wildman–Crippen MR) is 80.2 cm³/mol. The van der Waals surface area contributed by atoms with Crippen molar-refractivity contribution in [1.29, 1.82) is 0 Å². The molecule has 0 radical (unpaired) electrons. The van der Waals surface area contributed by atoms with Crippen LogP contribution in [0.5, 0.6) is 5.75 Å². The maximum atomic E-state index is 9.12. The Morgan fingerprint density at radius 3 is 3.05 bits per heavy atom. The Bertz CT molecular complexity index is 433. The van der Waals surface area contributed by atoms with Crippen molar-refractivity contribution >= 4 is 0 Å². The molecule has 20 heavy (non-hydrogen) atoms. The summed E-state index contributed by atoms with van der Waals surface area (Å²) in [5, 5.41) is 9.12. The molecule has 0 aliphatic carbocycles. The molecule has 0 amide bonds. The molecule has 3 heteroatoms. The van der Waals surface area contributed by atoms with E-state index in [1.165, 1.54) is 24.9 Å². The first-order valence-electron chi connectivity index (χ1n) is 7.91. The molecule has 0 aromatic heterocycles. The van der Waals surface area contributed by atoms with Crippen molar-refractivity contribution in [3.8, 4) is 5.75 Å². The van der Waals surface area contributed by atoms with Crippen molar-refractivity contribution in [2.75, 3.05) is 32.8 Å². The largest absolute Gasteiger partial charge is 0.493 e. The molecule has 110 valence electrons. The van der Waals surface area contributed by atoms with Gasteiger partial charge in [0.2, 0.25) is 0 Å². The van der Waals surface area contributed by atoms with Crippen molar-refractivity contribution in [2.24, 2.45) is 5.92 Å². The molecule has 0 spiro atoms. The topological polar surface area (TPSA) is 32.7 Å². The number of likely N-dealkylation sites (tertiary alicyclic amines) is 1. The number of rotatable bonds is 4. The van der Waals surface area contributed by atoms with Crippen LogP contribution < -0.4 is 4.74 Å². The van der Waals surface area contributed by atoms with Crippen LogP contribution in [-0.2, 0) is 0 Å². The van der Waals surface area contributed by atoms with E-state index in [1.54, 1.807) is 0 Å². The molecule has 0 saturated carbocycles. The zero-order chi connectivity index (χ0) is 13.8. The van der Waals surface area contributed by atoms with Crippen LogP contribution in [0.15, 0.2) is 24.3 Å². The molecule has 1 N–H and O–H groups in total. The average molecular weight is 275 g/mol. The third-order valence-electron chi connectivity index (χ3n) is 4.70. The van der Waals surface area contributed by atoms with E-state index in [1.807, 2.05) is 0 Å². The fraction of sp³-hybridized carbons (Fsp3) is 0.647. The van der Waals surface area contributed by atoms with Gasteiger partial charge in [-0.2, -0.15) is 0 Å². The summed E-state index contributed by atoms with van der Waals surface area (Å²) in [7, 11) is 0. The monoisotopic (exact) mass is 275 g/mol. The van der Waals surface area contributed by atoms with E-state index in [0.717, 1.165) is 38.3 Å². The molecule has 3 rings (SSSR count). The van der Waals surface area contributed by atoms with E-state index < -0.39 is 0 Å². The Morgan fingerprint density at radius 2 is 2.15 bits per heavy atom. The molecule has 1 aromatic rings. The van der Waals surface area contributed by atoms with Crippen molar-refractivity contribution in [1.82, 2.24) is 4.90 Å². The minimum absolute atomic E-state index is 0.332. The van der Waals surface area contributed by atoms with Crippen LogP contribution in [0.1, 0.15) is 37.2 Å². The maximum Gasteiger partial charge on any atom is 0.122 e. The smallest absolute Gasteiger partial charge is 0.122 e. The lowest BCUT2D eigenvalue weighted by molar-refractivity contribution is 0.133. The van der Waals surface area contributed by atoms with Gasteiger partial charge in [0.05, 0.1) is 6.61 Å². The second kappa shape index (κ2) is 6.59. The van der Waals surface area contributed by atoms with Crippen molar-refractivity contribution in [2.45, 2.75) is 31.6 Å². The van der Waals surface area contributed by atoms with Gasteiger partial charge in [-0.15, -0.1) is 0 Å². The highest BCUT2D eigenvalue weighted by Gasteiger charge is 2.26. The molecule has 1 saturated heterocycles. The third kappa shape index (κ3) is 3.15. The first-order valence-corrected chi connectivity index (χ1v) is 7.91. The standard InChI is InChI=1S/C17H25NO2/c19-10-7-14-4-3-9-18(12-14)13-15-8-11-20-17-6-2-1-5-16(15)17/h1-2,5-6,14-15,19H,3-4,7-13H2. The molecule has 1 fully saturated rings. The lowest BCUT2D eigenvalue weighted by Gasteiger charge is -2.36. The number of hydrogen-bond acceptors (Lipinski definition) is 3. The summed E-state index contributed by atoms with van der Waals surface area (Å²) in [6, 6.07) is 8.48. The van der Waals surface area contributed by atoms with Gasteiger partial charge in [0.15, 0.2) is 0 Å². The van der Waals surface area contributed by atoms with Crippen molar-refractivity contribution < 1.29 is 9.84 Å². The highest BCUT2D eigenvalue weighted by atomic mass is 16.5. The molecule has 1 aromatic carbocycles. The molecular formula is C17H25NO2. The fourth-order valence-electron chi connectivity index (χ4n) is 3.65. The number of ether oxygens (including phenoxy) is 1. The first kappa shape index (κ1) is 13.9. The van der Waals surface area contributed by atoms with Crippen LogP contribution >= 0.6 is 0 Å². The number of nitrogens with zero attached hydrogens (tertiary/aromatic N) is 1. The van der Waals surface area contributed by atoms with E-state index in [4.69, 9.17) is 9.84 Å². The van der Waals surface area contributed by atoms with E-state index >= 15 is 0 Å². The molecule has 2 aliphatic rings. The fourth-order valence-corrected chi connectivity index (χ4v) is 3.65. The van der Waals surface area contributed by atoms with Gasteiger partial charge in [0.1, 0.15) is 5.75 Å². The molecule has 3 nitrogen and oxygen atoms in total. The second-order valence-corrected chi connectivity index (χ2v) is 6.15. The highest BCUT2D eigenvalue weighted by Crippen LogP contribution is 2.34. The summed E-state index contributed by atoms with van der Waals surface area (Å²) in [5.41, 5.74) is 1.38. The number of piperidine rings is 1.